The van der Waals surface area contributed by atoms with E-state index in [1.54, 1.807) is 0 Å². The Hall–Kier alpha value is -2.55. The van der Waals surface area contributed by atoms with Gasteiger partial charge in [0.1, 0.15) is 11.5 Å². The van der Waals surface area contributed by atoms with Gasteiger partial charge in [-0.25, -0.2) is 4.79 Å². The second-order valence-corrected chi connectivity index (χ2v) is 13.4. The maximum Gasteiger partial charge on any atom is 0.335 e. The van der Waals surface area contributed by atoms with Crippen LogP contribution in [-0.2, 0) is 23.1 Å². The highest BCUT2D eigenvalue weighted by molar-refractivity contribution is 5.84. The number of aromatic hydroxyl groups is 1. The Bertz CT molecular complexity index is 1110. The lowest BCUT2D eigenvalue weighted by Gasteiger charge is -2.35. The van der Waals surface area contributed by atoms with Gasteiger partial charge in [-0.3, -0.25) is 0 Å². The molecule has 0 bridgehead atoms. The van der Waals surface area contributed by atoms with Gasteiger partial charge in [0.2, 0.25) is 0 Å². The third kappa shape index (κ3) is 10.3. The van der Waals surface area contributed by atoms with E-state index in [9.17, 15) is 9.90 Å². The monoisotopic (exact) mass is 562 g/mol. The largest absolute Gasteiger partial charge is 0.507 e. The molecule has 3 nitrogen and oxygen atoms in total. The molecular formula is C38H58O3. The van der Waals surface area contributed by atoms with Crippen LogP contribution in [0.5, 0.6) is 11.5 Å². The van der Waals surface area contributed by atoms with Crippen LogP contribution in [0.25, 0.3) is 0 Å². The number of carbonyl (C=O) groups is 1. The van der Waals surface area contributed by atoms with E-state index in [0.29, 0.717) is 23.3 Å². The Morgan fingerprint density at radius 2 is 1.29 bits per heavy atom. The van der Waals surface area contributed by atoms with Crippen molar-refractivity contribution in [2.45, 2.75) is 144 Å². The van der Waals surface area contributed by atoms with Crippen LogP contribution in [-0.4, -0.2) is 11.1 Å². The van der Waals surface area contributed by atoms with Gasteiger partial charge < -0.3 is 9.84 Å². The van der Waals surface area contributed by atoms with Crippen LogP contribution in [0.15, 0.2) is 36.9 Å². The molecule has 0 aliphatic rings. The van der Waals surface area contributed by atoms with Crippen LogP contribution in [0.1, 0.15) is 146 Å². The molecule has 1 N–H and O–H groups in total. The van der Waals surface area contributed by atoms with Crippen LogP contribution in [0.2, 0.25) is 0 Å². The lowest BCUT2D eigenvalue weighted by atomic mass is 9.71. The molecule has 0 amide bonds. The number of ether oxygens (including phenoxy) is 1. The minimum Gasteiger partial charge on any atom is -0.507 e. The zero-order chi connectivity index (χ0) is 30.6. The Kier molecular flexibility index (Phi) is 13.7. The van der Waals surface area contributed by atoms with Crippen molar-refractivity contribution >= 4 is 5.97 Å². The van der Waals surface area contributed by atoms with E-state index < -0.39 is 5.97 Å². The molecule has 228 valence electrons. The first-order valence-corrected chi connectivity index (χ1v) is 16.2. The summed E-state index contributed by atoms with van der Waals surface area (Å²) in [6, 6.07) is 8.40. The van der Waals surface area contributed by atoms with Gasteiger partial charge in [-0.1, -0.05) is 122 Å². The zero-order valence-corrected chi connectivity index (χ0v) is 27.5. The average Bonchev–Trinajstić information content (AvgIpc) is 2.92. The van der Waals surface area contributed by atoms with Crippen molar-refractivity contribution in [1.29, 1.82) is 0 Å². The summed E-state index contributed by atoms with van der Waals surface area (Å²) in [6.07, 6.45) is 16.4. The predicted octanol–water partition coefficient (Wildman–Crippen LogP) is 10.9. The van der Waals surface area contributed by atoms with Crippen molar-refractivity contribution < 1.29 is 14.6 Å². The number of carbonyl (C=O) groups excluding carboxylic acids is 1. The van der Waals surface area contributed by atoms with E-state index in [2.05, 4.69) is 86.2 Å². The molecule has 0 atom stereocenters. The van der Waals surface area contributed by atoms with E-state index in [0.717, 1.165) is 46.2 Å². The lowest BCUT2D eigenvalue weighted by Crippen LogP contribution is -2.22. The van der Waals surface area contributed by atoms with Crippen molar-refractivity contribution in [2.75, 3.05) is 0 Å². The number of benzene rings is 2. The summed E-state index contributed by atoms with van der Waals surface area (Å²) in [5.41, 5.74) is 6.30. The van der Waals surface area contributed by atoms with Crippen molar-refractivity contribution in [2.24, 2.45) is 5.41 Å². The van der Waals surface area contributed by atoms with Crippen LogP contribution in [0.3, 0.4) is 0 Å². The molecule has 0 saturated heterocycles. The highest BCUT2D eigenvalue weighted by Gasteiger charge is 2.28. The Balaban J connectivity index is 2.47. The minimum absolute atomic E-state index is 0.180. The second-order valence-electron chi connectivity index (χ2n) is 13.4. The summed E-state index contributed by atoms with van der Waals surface area (Å²) in [7, 11) is 0. The van der Waals surface area contributed by atoms with Crippen LogP contribution >= 0.6 is 0 Å². The van der Waals surface area contributed by atoms with Crippen LogP contribution in [0.4, 0.5) is 0 Å². The van der Waals surface area contributed by atoms with E-state index >= 15 is 0 Å². The topological polar surface area (TPSA) is 46.5 Å². The van der Waals surface area contributed by atoms with Gasteiger partial charge in [-0.2, -0.15) is 0 Å². The van der Waals surface area contributed by atoms with Crippen molar-refractivity contribution in [3.05, 3.63) is 70.3 Å². The minimum atomic E-state index is -0.441. The maximum atomic E-state index is 12.5. The van der Waals surface area contributed by atoms with Gasteiger partial charge in [0.15, 0.2) is 0 Å². The number of phenolic OH excluding ortho intramolecular Hbond substituents is 1. The standard InChI is InChI=1S/C38H58O3/c1-10-14-19-38(20-15-11-2,21-16-12-3)22-17-18-30-23-28(5)25-32(36(30)41-34(39)13-4)27-31-24-29(6)26-33(35(31)40)37(7,8)9/h13,23-26,40H,4,10-12,14-22,27H2,1-3,5-9H3. The third-order valence-electron chi connectivity index (χ3n) is 8.61. The Morgan fingerprint density at radius 1 is 0.805 bits per heavy atom. The predicted molar refractivity (Wildman–Crippen MR) is 175 cm³/mol. The number of hydrogen-bond acceptors (Lipinski definition) is 3. The summed E-state index contributed by atoms with van der Waals surface area (Å²) in [5, 5.41) is 11.3. The fraction of sp³-hybridized carbons (Fsp3) is 0.605. The molecule has 2 aromatic carbocycles. The van der Waals surface area contributed by atoms with Gasteiger partial charge in [0.05, 0.1) is 0 Å². The first-order valence-electron chi connectivity index (χ1n) is 16.2. The smallest absolute Gasteiger partial charge is 0.335 e. The summed E-state index contributed by atoms with van der Waals surface area (Å²) >= 11 is 0. The fourth-order valence-electron chi connectivity index (χ4n) is 6.34. The van der Waals surface area contributed by atoms with Gasteiger partial charge in [0, 0.05) is 12.5 Å². The van der Waals surface area contributed by atoms with Gasteiger partial charge in [-0.15, -0.1) is 0 Å². The number of aryl methyl sites for hydroxylation is 3. The van der Waals surface area contributed by atoms with Crippen molar-refractivity contribution in [3.8, 4) is 11.5 Å². The fourth-order valence-corrected chi connectivity index (χ4v) is 6.34. The third-order valence-corrected chi connectivity index (χ3v) is 8.61. The van der Waals surface area contributed by atoms with E-state index in [-0.39, 0.29) is 5.41 Å². The van der Waals surface area contributed by atoms with Gasteiger partial charge in [-0.05, 0) is 85.5 Å². The summed E-state index contributed by atoms with van der Waals surface area (Å²) in [4.78, 5) is 12.5. The van der Waals surface area contributed by atoms with Crippen LogP contribution in [0, 0.1) is 19.3 Å². The summed E-state index contributed by atoms with van der Waals surface area (Å²) in [5.74, 6) is 0.531. The van der Waals surface area contributed by atoms with Crippen molar-refractivity contribution in [1.82, 2.24) is 0 Å². The Morgan fingerprint density at radius 3 is 1.80 bits per heavy atom. The molecule has 2 aromatic rings. The lowest BCUT2D eigenvalue weighted by molar-refractivity contribution is -0.129. The van der Waals surface area contributed by atoms with Crippen molar-refractivity contribution in [3.63, 3.8) is 0 Å². The number of phenols is 1. The molecule has 2 rings (SSSR count). The molecule has 41 heavy (non-hydrogen) atoms. The molecule has 0 aliphatic heterocycles. The maximum absolute atomic E-state index is 12.5. The zero-order valence-electron chi connectivity index (χ0n) is 27.5. The number of unbranched alkanes of at least 4 members (excludes halogenated alkanes) is 3. The Labute approximate surface area is 251 Å². The highest BCUT2D eigenvalue weighted by Crippen LogP contribution is 2.42. The highest BCUT2D eigenvalue weighted by atomic mass is 16.5. The molecule has 0 saturated carbocycles. The molecule has 0 aromatic heterocycles. The summed E-state index contributed by atoms with van der Waals surface area (Å²) in [6.45, 7) is 21.1. The van der Waals surface area contributed by atoms with Crippen LogP contribution < -0.4 is 4.74 Å². The molecule has 0 unspecified atom stereocenters. The first kappa shape index (κ1) is 34.7. The number of hydrogen-bond donors (Lipinski definition) is 1. The molecule has 0 heterocycles. The SMILES string of the molecule is C=CC(=O)Oc1c(CCCC(CCCC)(CCCC)CCCC)cc(C)cc1Cc1cc(C)cc(C(C)(C)C)c1O. The van der Waals surface area contributed by atoms with Gasteiger partial charge >= 0.3 is 5.97 Å². The second kappa shape index (κ2) is 16.2. The molecular weight excluding hydrogens is 504 g/mol. The van der Waals surface area contributed by atoms with E-state index in [1.807, 2.05) is 0 Å². The quantitative estimate of drug-likeness (QED) is 0.118. The van der Waals surface area contributed by atoms with Gasteiger partial charge in [0.25, 0.3) is 0 Å². The molecule has 0 radical (unpaired) electrons. The van der Waals surface area contributed by atoms with E-state index in [4.69, 9.17) is 4.74 Å². The molecule has 0 fully saturated rings. The van der Waals surface area contributed by atoms with E-state index in [1.165, 1.54) is 70.3 Å². The molecule has 0 aliphatic carbocycles. The average molecular weight is 563 g/mol. The molecule has 3 heteroatoms. The number of esters is 1. The molecule has 0 spiro atoms. The first-order chi connectivity index (χ1) is 19.4. The summed E-state index contributed by atoms with van der Waals surface area (Å²) < 4.78 is 5.96. The normalized spacial score (nSPS) is 12.0. The number of rotatable bonds is 17.